The third-order valence-corrected chi connectivity index (χ3v) is 2.12. The van der Waals surface area contributed by atoms with Crippen LogP contribution >= 0.6 is 15.9 Å². The van der Waals surface area contributed by atoms with Gasteiger partial charge in [0.2, 0.25) is 5.91 Å². The minimum Gasteiger partial charge on any atom is -0.478 e. The van der Waals surface area contributed by atoms with Crippen LogP contribution in [0.5, 0.6) is 0 Å². The molecule has 0 saturated carbocycles. The van der Waals surface area contributed by atoms with Gasteiger partial charge in [0.15, 0.2) is 0 Å². The number of carboxylic acids is 1. The molecular formula is C9H7BrFNO3. The summed E-state index contributed by atoms with van der Waals surface area (Å²) < 4.78 is 13.1. The van der Waals surface area contributed by atoms with Crippen LogP contribution < -0.4 is 5.32 Å². The lowest BCUT2D eigenvalue weighted by Crippen LogP contribution is -2.14. The summed E-state index contributed by atoms with van der Waals surface area (Å²) in [6.07, 6.45) is 0. The molecule has 1 amide bonds. The molecular weight excluding hydrogens is 269 g/mol. The smallest absolute Gasteiger partial charge is 0.335 e. The zero-order valence-corrected chi connectivity index (χ0v) is 9.04. The van der Waals surface area contributed by atoms with Gasteiger partial charge >= 0.3 is 5.97 Å². The van der Waals surface area contributed by atoms with Gasteiger partial charge in [0.25, 0.3) is 0 Å². The Bertz CT molecular complexity index is 408. The Kier molecular flexibility index (Phi) is 3.79. The lowest BCUT2D eigenvalue weighted by molar-refractivity contribution is -0.113. The molecule has 0 aliphatic carbocycles. The first-order valence-corrected chi connectivity index (χ1v) is 5.05. The van der Waals surface area contributed by atoms with Crippen molar-refractivity contribution in [1.29, 1.82) is 0 Å². The van der Waals surface area contributed by atoms with Gasteiger partial charge in [-0.2, -0.15) is 0 Å². The van der Waals surface area contributed by atoms with Crippen LogP contribution in [0.4, 0.5) is 10.1 Å². The fourth-order valence-corrected chi connectivity index (χ4v) is 1.08. The monoisotopic (exact) mass is 275 g/mol. The van der Waals surface area contributed by atoms with Crippen molar-refractivity contribution in [3.8, 4) is 0 Å². The largest absolute Gasteiger partial charge is 0.478 e. The Hall–Kier alpha value is -1.43. The number of aromatic carboxylic acids is 1. The summed E-state index contributed by atoms with van der Waals surface area (Å²) in [6, 6.07) is 3.19. The zero-order chi connectivity index (χ0) is 11.4. The number of carboxylic acid groups (broad SMARTS) is 1. The molecule has 0 fully saturated rings. The highest BCUT2D eigenvalue weighted by molar-refractivity contribution is 9.09. The molecule has 0 saturated heterocycles. The van der Waals surface area contributed by atoms with Gasteiger partial charge in [-0.3, -0.25) is 4.79 Å². The van der Waals surface area contributed by atoms with Crippen LogP contribution in [-0.4, -0.2) is 22.3 Å². The Labute approximate surface area is 93.2 Å². The summed E-state index contributed by atoms with van der Waals surface area (Å²) in [7, 11) is 0. The van der Waals surface area contributed by atoms with Gasteiger partial charge in [-0.15, -0.1) is 0 Å². The van der Waals surface area contributed by atoms with Crippen LogP contribution in [0.1, 0.15) is 10.4 Å². The maximum absolute atomic E-state index is 13.1. The van der Waals surface area contributed by atoms with Gasteiger partial charge in [-0.05, 0) is 18.2 Å². The van der Waals surface area contributed by atoms with Crippen molar-refractivity contribution in [3.63, 3.8) is 0 Å². The van der Waals surface area contributed by atoms with Crippen LogP contribution in [0, 0.1) is 5.82 Å². The van der Waals surface area contributed by atoms with Crippen LogP contribution in [0.3, 0.4) is 0 Å². The molecule has 2 N–H and O–H groups in total. The molecule has 80 valence electrons. The molecule has 0 aliphatic rings. The van der Waals surface area contributed by atoms with E-state index in [4.69, 9.17) is 5.11 Å². The quantitative estimate of drug-likeness (QED) is 0.828. The number of halogens is 2. The van der Waals surface area contributed by atoms with Crippen molar-refractivity contribution in [2.24, 2.45) is 0 Å². The molecule has 0 aliphatic heterocycles. The standard InChI is InChI=1S/C9H7BrFNO3/c10-4-8(13)12-7-3-5(9(14)15)1-2-6(7)11/h1-3H,4H2,(H,12,13)(H,14,15). The molecule has 1 rings (SSSR count). The number of hydrogen-bond donors (Lipinski definition) is 2. The van der Waals surface area contributed by atoms with Crippen molar-refractivity contribution in [2.45, 2.75) is 0 Å². The third-order valence-electron chi connectivity index (χ3n) is 1.61. The van der Waals surface area contributed by atoms with Crippen LogP contribution in [0.25, 0.3) is 0 Å². The Morgan fingerprint density at radius 3 is 2.67 bits per heavy atom. The van der Waals surface area contributed by atoms with E-state index in [0.717, 1.165) is 18.2 Å². The van der Waals surface area contributed by atoms with Crippen LogP contribution in [0.15, 0.2) is 18.2 Å². The van der Waals surface area contributed by atoms with E-state index in [9.17, 15) is 14.0 Å². The summed E-state index contributed by atoms with van der Waals surface area (Å²) in [4.78, 5) is 21.5. The van der Waals surface area contributed by atoms with Crippen molar-refractivity contribution in [1.82, 2.24) is 0 Å². The van der Waals surface area contributed by atoms with E-state index in [0.29, 0.717) is 0 Å². The summed E-state index contributed by atoms with van der Waals surface area (Å²) in [5, 5.41) is 10.9. The van der Waals surface area contributed by atoms with E-state index >= 15 is 0 Å². The number of alkyl halides is 1. The van der Waals surface area contributed by atoms with Gasteiger partial charge in [0.05, 0.1) is 16.6 Å². The first-order chi connectivity index (χ1) is 7.04. The van der Waals surface area contributed by atoms with Crippen molar-refractivity contribution < 1.29 is 19.1 Å². The van der Waals surface area contributed by atoms with Gasteiger partial charge in [0, 0.05) is 0 Å². The predicted molar refractivity (Wildman–Crippen MR) is 55.8 cm³/mol. The topological polar surface area (TPSA) is 66.4 Å². The van der Waals surface area contributed by atoms with Crippen LogP contribution in [0.2, 0.25) is 0 Å². The minimum atomic E-state index is -1.18. The fraction of sp³-hybridized carbons (Fsp3) is 0.111. The van der Waals surface area contributed by atoms with E-state index in [-0.39, 0.29) is 16.6 Å². The second kappa shape index (κ2) is 4.88. The third kappa shape index (κ3) is 3.02. The highest BCUT2D eigenvalue weighted by Crippen LogP contribution is 2.16. The molecule has 0 aromatic heterocycles. The first kappa shape index (κ1) is 11.6. The van der Waals surface area contributed by atoms with Gasteiger partial charge in [-0.25, -0.2) is 9.18 Å². The normalized spacial score (nSPS) is 9.73. The van der Waals surface area contributed by atoms with Gasteiger partial charge in [0.1, 0.15) is 5.82 Å². The average molecular weight is 276 g/mol. The Morgan fingerprint density at radius 1 is 1.47 bits per heavy atom. The van der Waals surface area contributed by atoms with E-state index in [1.165, 1.54) is 0 Å². The Balaban J connectivity index is 3.00. The van der Waals surface area contributed by atoms with E-state index < -0.39 is 17.7 Å². The highest BCUT2D eigenvalue weighted by atomic mass is 79.9. The van der Waals surface area contributed by atoms with Gasteiger partial charge < -0.3 is 10.4 Å². The number of benzene rings is 1. The highest BCUT2D eigenvalue weighted by Gasteiger charge is 2.10. The van der Waals surface area contributed by atoms with Gasteiger partial charge in [-0.1, -0.05) is 15.9 Å². The molecule has 1 aromatic rings. The fourth-order valence-electron chi connectivity index (χ4n) is 0.938. The molecule has 0 bridgehead atoms. The number of anilines is 1. The number of amides is 1. The van der Waals surface area contributed by atoms with Crippen molar-refractivity contribution >= 4 is 33.5 Å². The number of hydrogen-bond acceptors (Lipinski definition) is 2. The van der Waals surface area contributed by atoms with E-state index in [1.807, 2.05) is 0 Å². The molecule has 4 nitrogen and oxygen atoms in total. The second-order valence-electron chi connectivity index (χ2n) is 2.68. The SMILES string of the molecule is O=C(CBr)Nc1cc(C(=O)O)ccc1F. The lowest BCUT2D eigenvalue weighted by atomic mass is 10.2. The molecule has 0 unspecified atom stereocenters. The number of rotatable bonds is 3. The molecule has 15 heavy (non-hydrogen) atoms. The molecule has 0 radical (unpaired) electrons. The van der Waals surface area contributed by atoms with Crippen molar-refractivity contribution in [3.05, 3.63) is 29.6 Å². The predicted octanol–water partition coefficient (Wildman–Crippen LogP) is 1.86. The molecule has 0 spiro atoms. The average Bonchev–Trinajstić information content (AvgIpc) is 2.20. The maximum atomic E-state index is 13.1. The van der Waals surface area contributed by atoms with Crippen LogP contribution in [-0.2, 0) is 4.79 Å². The summed E-state index contributed by atoms with van der Waals surface area (Å²) >= 11 is 2.89. The molecule has 0 heterocycles. The maximum Gasteiger partial charge on any atom is 0.335 e. The number of nitrogens with one attached hydrogen (secondary N) is 1. The van der Waals surface area contributed by atoms with Crippen molar-refractivity contribution in [2.75, 3.05) is 10.6 Å². The van der Waals surface area contributed by atoms with E-state index in [1.54, 1.807) is 0 Å². The number of carbonyl (C=O) groups is 2. The number of carbonyl (C=O) groups excluding carboxylic acids is 1. The molecule has 0 atom stereocenters. The van der Waals surface area contributed by atoms with E-state index in [2.05, 4.69) is 21.2 Å². The first-order valence-electron chi connectivity index (χ1n) is 3.93. The minimum absolute atomic E-state index is 0.0176. The summed E-state index contributed by atoms with van der Waals surface area (Å²) in [6.45, 7) is 0. The summed E-state index contributed by atoms with van der Waals surface area (Å²) in [5.41, 5.74) is -0.222. The summed E-state index contributed by atoms with van der Waals surface area (Å²) in [5.74, 6) is -2.30. The lowest BCUT2D eigenvalue weighted by Gasteiger charge is -2.05. The second-order valence-corrected chi connectivity index (χ2v) is 3.24. The molecule has 6 heteroatoms. The Morgan fingerprint density at radius 2 is 2.13 bits per heavy atom. The zero-order valence-electron chi connectivity index (χ0n) is 7.46. The molecule has 1 aromatic carbocycles.